The Hall–Kier alpha value is -2.88. The highest BCUT2D eigenvalue weighted by atomic mass is 16.5. The number of aryl methyl sites for hydroxylation is 1. The lowest BCUT2D eigenvalue weighted by Crippen LogP contribution is -2.04. The number of hydrogen-bond donors (Lipinski definition) is 0. The van der Waals surface area contributed by atoms with Crippen LogP contribution in [0, 0.1) is 6.92 Å². The Balaban J connectivity index is 1.84. The topological polar surface area (TPSA) is 52.3 Å². The third-order valence-electron chi connectivity index (χ3n) is 2.96. The number of pyridine rings is 1. The second-order valence-corrected chi connectivity index (χ2v) is 4.55. The van der Waals surface area contributed by atoms with Gasteiger partial charge in [-0.25, -0.2) is 9.78 Å². The molecular formula is C17H13NO3. The first-order chi connectivity index (χ1) is 10.2. The Morgan fingerprint density at radius 2 is 2.10 bits per heavy atom. The van der Waals surface area contributed by atoms with E-state index in [1.807, 2.05) is 31.2 Å². The van der Waals surface area contributed by atoms with Crippen LogP contribution in [0.4, 0.5) is 0 Å². The van der Waals surface area contributed by atoms with Crippen molar-refractivity contribution in [3.63, 3.8) is 0 Å². The van der Waals surface area contributed by atoms with Gasteiger partial charge in [-0.3, -0.25) is 0 Å². The zero-order chi connectivity index (χ0) is 14.7. The first-order valence-corrected chi connectivity index (χ1v) is 6.52. The number of nitrogens with zero attached hydrogens (tertiary/aromatic N) is 1. The van der Waals surface area contributed by atoms with Crippen molar-refractivity contribution in [3.05, 3.63) is 66.3 Å². The molecule has 0 bridgehead atoms. The number of carbonyl (C=O) groups excluding carboxylic acids is 1. The molecule has 2 aromatic heterocycles. The van der Waals surface area contributed by atoms with Gasteiger partial charge in [0.1, 0.15) is 11.3 Å². The van der Waals surface area contributed by atoms with Crippen LogP contribution in [0.1, 0.15) is 11.5 Å². The van der Waals surface area contributed by atoms with Crippen molar-refractivity contribution in [2.75, 3.05) is 0 Å². The Bertz CT molecular complexity index is 804. The molecule has 0 aliphatic carbocycles. The summed E-state index contributed by atoms with van der Waals surface area (Å²) in [6, 6.07) is 12.9. The molecule has 0 saturated heterocycles. The highest BCUT2D eigenvalue weighted by molar-refractivity contribution is 5.92. The van der Waals surface area contributed by atoms with E-state index in [-0.39, 0.29) is 0 Å². The zero-order valence-electron chi connectivity index (χ0n) is 11.4. The van der Waals surface area contributed by atoms with Crippen LogP contribution in [0.25, 0.3) is 17.0 Å². The molecule has 0 N–H and O–H groups in total. The van der Waals surface area contributed by atoms with Gasteiger partial charge in [-0.1, -0.05) is 18.2 Å². The predicted molar refractivity (Wildman–Crippen MR) is 79.9 cm³/mol. The molecule has 0 radical (unpaired) electrons. The Kier molecular flexibility index (Phi) is 3.51. The van der Waals surface area contributed by atoms with Crippen molar-refractivity contribution in [2.45, 2.75) is 6.92 Å². The summed E-state index contributed by atoms with van der Waals surface area (Å²) < 4.78 is 10.5. The van der Waals surface area contributed by atoms with Crippen LogP contribution in [-0.2, 0) is 4.79 Å². The third kappa shape index (κ3) is 3.00. The van der Waals surface area contributed by atoms with E-state index in [1.165, 1.54) is 6.08 Å². The molecule has 3 rings (SSSR count). The second kappa shape index (κ2) is 5.63. The summed E-state index contributed by atoms with van der Waals surface area (Å²) in [6.45, 7) is 1.90. The summed E-state index contributed by atoms with van der Waals surface area (Å²) in [7, 11) is 0. The molecule has 0 fully saturated rings. The first-order valence-electron chi connectivity index (χ1n) is 6.52. The summed E-state index contributed by atoms with van der Waals surface area (Å²) in [6.07, 6.45) is 4.43. The Morgan fingerprint density at radius 3 is 2.90 bits per heavy atom. The zero-order valence-corrected chi connectivity index (χ0v) is 11.4. The number of furan rings is 1. The van der Waals surface area contributed by atoms with Gasteiger partial charge in [0.2, 0.25) is 0 Å². The van der Waals surface area contributed by atoms with E-state index in [1.54, 1.807) is 30.5 Å². The molecule has 4 nitrogen and oxygen atoms in total. The molecule has 4 heteroatoms. The normalized spacial score (nSPS) is 11.1. The monoisotopic (exact) mass is 279 g/mol. The summed E-state index contributed by atoms with van der Waals surface area (Å²) in [5.41, 5.74) is 1.55. The standard InChI is InChI=1S/C17H13NO3/c1-12-7-8-13-4-2-6-15(17(13)18-12)21-16(19)10-9-14-5-3-11-20-14/h2-11H,1H3/b10-9-. The van der Waals surface area contributed by atoms with Crippen molar-refractivity contribution in [1.82, 2.24) is 4.98 Å². The fourth-order valence-corrected chi connectivity index (χ4v) is 1.98. The van der Waals surface area contributed by atoms with Gasteiger partial charge >= 0.3 is 5.97 Å². The van der Waals surface area contributed by atoms with Gasteiger partial charge in [0, 0.05) is 17.2 Å². The van der Waals surface area contributed by atoms with Crippen molar-refractivity contribution in [1.29, 1.82) is 0 Å². The maximum Gasteiger partial charge on any atom is 0.336 e. The van der Waals surface area contributed by atoms with E-state index in [0.717, 1.165) is 11.1 Å². The molecule has 0 saturated carbocycles. The number of benzene rings is 1. The molecular weight excluding hydrogens is 266 g/mol. The number of carbonyl (C=O) groups is 1. The first kappa shape index (κ1) is 13.1. The minimum Gasteiger partial charge on any atom is -0.465 e. The summed E-state index contributed by atoms with van der Waals surface area (Å²) in [5, 5.41) is 0.931. The van der Waals surface area contributed by atoms with Crippen molar-refractivity contribution < 1.29 is 13.9 Å². The van der Waals surface area contributed by atoms with Gasteiger partial charge in [-0.2, -0.15) is 0 Å². The molecule has 0 spiro atoms. The molecule has 21 heavy (non-hydrogen) atoms. The third-order valence-corrected chi connectivity index (χ3v) is 2.96. The van der Waals surface area contributed by atoms with Gasteiger partial charge in [0.15, 0.2) is 5.75 Å². The van der Waals surface area contributed by atoms with E-state index >= 15 is 0 Å². The second-order valence-electron chi connectivity index (χ2n) is 4.55. The molecule has 104 valence electrons. The Morgan fingerprint density at radius 1 is 1.19 bits per heavy atom. The number of rotatable bonds is 3. The summed E-state index contributed by atoms with van der Waals surface area (Å²) in [4.78, 5) is 16.3. The van der Waals surface area contributed by atoms with Crippen LogP contribution in [0.2, 0.25) is 0 Å². The Labute approximate surface area is 121 Å². The molecule has 0 atom stereocenters. The average molecular weight is 279 g/mol. The number of para-hydroxylation sites is 1. The van der Waals surface area contributed by atoms with E-state index in [4.69, 9.17) is 9.15 Å². The quantitative estimate of drug-likeness (QED) is 0.416. The van der Waals surface area contributed by atoms with Gasteiger partial charge in [-0.05, 0) is 37.3 Å². The maximum absolute atomic E-state index is 11.9. The summed E-state index contributed by atoms with van der Waals surface area (Å²) >= 11 is 0. The van der Waals surface area contributed by atoms with Gasteiger partial charge < -0.3 is 9.15 Å². The van der Waals surface area contributed by atoms with Crippen molar-refractivity contribution in [3.8, 4) is 5.75 Å². The largest absolute Gasteiger partial charge is 0.465 e. The molecule has 3 aromatic rings. The van der Waals surface area contributed by atoms with Crippen molar-refractivity contribution in [2.24, 2.45) is 0 Å². The van der Waals surface area contributed by atoms with Crippen LogP contribution >= 0.6 is 0 Å². The molecule has 0 unspecified atom stereocenters. The fourth-order valence-electron chi connectivity index (χ4n) is 1.98. The smallest absolute Gasteiger partial charge is 0.336 e. The highest BCUT2D eigenvalue weighted by Gasteiger charge is 2.07. The maximum atomic E-state index is 11.9. The van der Waals surface area contributed by atoms with Gasteiger partial charge in [0.25, 0.3) is 0 Å². The van der Waals surface area contributed by atoms with E-state index < -0.39 is 5.97 Å². The van der Waals surface area contributed by atoms with Crippen LogP contribution in [0.5, 0.6) is 5.75 Å². The minimum atomic E-state index is -0.470. The highest BCUT2D eigenvalue weighted by Crippen LogP contribution is 2.24. The van der Waals surface area contributed by atoms with E-state index in [9.17, 15) is 4.79 Å². The molecule has 0 amide bonds. The molecule has 0 aliphatic rings. The van der Waals surface area contributed by atoms with Crippen LogP contribution in [-0.4, -0.2) is 11.0 Å². The van der Waals surface area contributed by atoms with Gasteiger partial charge in [-0.15, -0.1) is 0 Å². The lowest BCUT2D eigenvalue weighted by atomic mass is 10.2. The lowest BCUT2D eigenvalue weighted by Gasteiger charge is -2.05. The van der Waals surface area contributed by atoms with Crippen LogP contribution in [0.3, 0.4) is 0 Å². The van der Waals surface area contributed by atoms with Gasteiger partial charge in [0.05, 0.1) is 6.26 Å². The van der Waals surface area contributed by atoms with E-state index in [2.05, 4.69) is 4.98 Å². The molecule has 0 aliphatic heterocycles. The minimum absolute atomic E-state index is 0.449. The SMILES string of the molecule is Cc1ccc2cccc(OC(=O)/C=C\c3ccco3)c2n1. The predicted octanol–water partition coefficient (Wildman–Crippen LogP) is 3.76. The number of aromatic nitrogens is 1. The lowest BCUT2D eigenvalue weighted by molar-refractivity contribution is -0.128. The van der Waals surface area contributed by atoms with Crippen molar-refractivity contribution >= 4 is 22.9 Å². The fraction of sp³-hybridized carbons (Fsp3) is 0.0588. The van der Waals surface area contributed by atoms with Crippen LogP contribution in [0.15, 0.2) is 59.2 Å². The number of hydrogen-bond acceptors (Lipinski definition) is 4. The number of ether oxygens (including phenoxy) is 1. The number of esters is 1. The summed E-state index contributed by atoms with van der Waals surface area (Å²) in [5.74, 6) is 0.575. The molecule has 1 aromatic carbocycles. The average Bonchev–Trinajstić information content (AvgIpc) is 2.99. The number of fused-ring (bicyclic) bond motifs is 1. The molecule has 2 heterocycles. The van der Waals surface area contributed by atoms with E-state index in [0.29, 0.717) is 17.0 Å². The van der Waals surface area contributed by atoms with Crippen LogP contribution < -0.4 is 4.74 Å².